The summed E-state index contributed by atoms with van der Waals surface area (Å²) in [5, 5.41) is 10.9. The smallest absolute Gasteiger partial charge is 0.311 e. The van der Waals surface area contributed by atoms with Gasteiger partial charge in [0.25, 0.3) is 0 Å². The average molecular weight is 372 g/mol. The highest BCUT2D eigenvalue weighted by molar-refractivity contribution is 9.11. The van der Waals surface area contributed by atoms with Crippen molar-refractivity contribution in [3.63, 3.8) is 0 Å². The fourth-order valence-corrected chi connectivity index (χ4v) is 2.88. The number of Topliss-reactive ketones (excluding diaryl/α,β-unsaturated/α-hetero) is 1. The number of rotatable bonds is 6. The number of carbonyl (C=O) groups is 1. The Hall–Kier alpha value is -1.93. The summed E-state index contributed by atoms with van der Waals surface area (Å²) in [7, 11) is 1.44. The molecule has 0 aliphatic heterocycles. The number of nitro benzene ring substituents is 1. The molecule has 0 atom stereocenters. The molecule has 0 spiro atoms. The van der Waals surface area contributed by atoms with Crippen molar-refractivity contribution in [3.05, 3.63) is 49.1 Å². The second kappa shape index (κ2) is 6.68. The largest absolute Gasteiger partial charge is 0.497 e. The third kappa shape index (κ3) is 3.79. The minimum atomic E-state index is -0.568. The van der Waals surface area contributed by atoms with Gasteiger partial charge in [0.1, 0.15) is 5.75 Å². The van der Waals surface area contributed by atoms with Crippen molar-refractivity contribution in [1.82, 2.24) is 0 Å². The zero-order chi connectivity index (χ0) is 15.4. The molecule has 0 fully saturated rings. The number of hydrogen-bond acceptors (Lipinski definition) is 6. The summed E-state index contributed by atoms with van der Waals surface area (Å²) in [5.74, 6) is 0.174. The molecule has 0 aliphatic rings. The Bertz CT molecular complexity index is 685. The quantitative estimate of drug-likeness (QED) is 0.439. The normalized spacial score (nSPS) is 10.2. The maximum atomic E-state index is 11.9. The molecule has 0 saturated heterocycles. The summed E-state index contributed by atoms with van der Waals surface area (Å²) in [6.07, 6.45) is 0. The van der Waals surface area contributed by atoms with Crippen LogP contribution in [0.2, 0.25) is 0 Å². The monoisotopic (exact) mass is 371 g/mol. The van der Waals surface area contributed by atoms with E-state index in [-0.39, 0.29) is 23.8 Å². The summed E-state index contributed by atoms with van der Waals surface area (Å²) in [5.41, 5.74) is -0.212. The summed E-state index contributed by atoms with van der Waals surface area (Å²) in [4.78, 5) is 22.8. The minimum Gasteiger partial charge on any atom is -0.497 e. The molecule has 1 heterocycles. The van der Waals surface area contributed by atoms with Crippen molar-refractivity contribution in [2.75, 3.05) is 13.7 Å². The van der Waals surface area contributed by atoms with Crippen molar-refractivity contribution < 1.29 is 19.2 Å². The summed E-state index contributed by atoms with van der Waals surface area (Å²) >= 11 is 4.54. The highest BCUT2D eigenvalue weighted by Crippen LogP contribution is 2.31. The molecule has 1 aromatic carbocycles. The second-order valence-corrected chi connectivity index (χ2v) is 6.37. The Kier molecular flexibility index (Phi) is 4.92. The lowest BCUT2D eigenvalue weighted by molar-refractivity contribution is -0.385. The molecule has 1 aromatic heterocycles. The molecule has 8 heteroatoms. The standard InChI is InChI=1S/C13H10BrNO5S/c1-19-8-2-3-9(15(17)18)11(6-8)20-7-10(16)12-4-5-13(14)21-12/h2-6H,7H2,1H3. The number of hydrogen-bond donors (Lipinski definition) is 0. The molecule has 2 rings (SSSR count). The maximum absolute atomic E-state index is 11.9. The van der Waals surface area contributed by atoms with Crippen LogP contribution in [0.25, 0.3) is 0 Å². The Morgan fingerprint density at radius 1 is 1.38 bits per heavy atom. The van der Waals surface area contributed by atoms with Crippen LogP contribution >= 0.6 is 27.3 Å². The number of nitrogens with zero attached hydrogens (tertiary/aromatic N) is 1. The van der Waals surface area contributed by atoms with Gasteiger partial charge in [-0.1, -0.05) is 0 Å². The second-order valence-electron chi connectivity index (χ2n) is 3.91. The van der Waals surface area contributed by atoms with E-state index in [2.05, 4.69) is 15.9 Å². The fraction of sp³-hybridized carbons (Fsp3) is 0.154. The van der Waals surface area contributed by atoms with Gasteiger partial charge in [0.05, 0.1) is 20.7 Å². The van der Waals surface area contributed by atoms with Crippen molar-refractivity contribution in [2.45, 2.75) is 0 Å². The molecule has 21 heavy (non-hydrogen) atoms. The molecule has 6 nitrogen and oxygen atoms in total. The predicted octanol–water partition coefficient (Wildman–Crippen LogP) is 3.69. The van der Waals surface area contributed by atoms with Gasteiger partial charge in [0.2, 0.25) is 11.5 Å². The molecule has 0 N–H and O–H groups in total. The van der Waals surface area contributed by atoms with Gasteiger partial charge >= 0.3 is 5.69 Å². The molecule has 0 saturated carbocycles. The summed E-state index contributed by atoms with van der Waals surface area (Å²) in [6, 6.07) is 7.55. The van der Waals surface area contributed by atoms with Crippen molar-refractivity contribution in [3.8, 4) is 11.5 Å². The van der Waals surface area contributed by atoms with E-state index < -0.39 is 4.92 Å². The van der Waals surface area contributed by atoms with E-state index >= 15 is 0 Å². The van der Waals surface area contributed by atoms with E-state index in [1.165, 1.54) is 36.6 Å². The van der Waals surface area contributed by atoms with Gasteiger partial charge in [0, 0.05) is 12.1 Å². The Labute approximate surface area is 132 Å². The van der Waals surface area contributed by atoms with Crippen molar-refractivity contribution in [1.29, 1.82) is 0 Å². The highest BCUT2D eigenvalue weighted by Gasteiger charge is 2.18. The van der Waals surface area contributed by atoms with Crippen LogP contribution < -0.4 is 9.47 Å². The van der Waals surface area contributed by atoms with Gasteiger partial charge in [-0.15, -0.1) is 11.3 Å². The maximum Gasteiger partial charge on any atom is 0.311 e. The molecule has 2 aromatic rings. The first-order valence-corrected chi connectivity index (χ1v) is 7.36. The lowest BCUT2D eigenvalue weighted by atomic mass is 10.2. The first-order valence-electron chi connectivity index (χ1n) is 5.75. The lowest BCUT2D eigenvalue weighted by Crippen LogP contribution is -2.11. The first-order chi connectivity index (χ1) is 10.0. The Morgan fingerprint density at radius 3 is 2.71 bits per heavy atom. The predicted molar refractivity (Wildman–Crippen MR) is 81.5 cm³/mol. The third-order valence-corrected chi connectivity index (χ3v) is 4.24. The van der Waals surface area contributed by atoms with Crippen LogP contribution in [0.1, 0.15) is 9.67 Å². The van der Waals surface area contributed by atoms with Crippen LogP contribution in [-0.2, 0) is 0 Å². The van der Waals surface area contributed by atoms with Gasteiger partial charge in [-0.2, -0.15) is 0 Å². The first kappa shape index (κ1) is 15.5. The number of ether oxygens (including phenoxy) is 2. The van der Waals surface area contributed by atoms with Crippen LogP contribution in [0, 0.1) is 10.1 Å². The molecular formula is C13H10BrNO5S. The molecular weight excluding hydrogens is 362 g/mol. The van der Waals surface area contributed by atoms with Gasteiger partial charge in [-0.05, 0) is 34.1 Å². The van der Waals surface area contributed by atoms with Gasteiger partial charge in [-0.25, -0.2) is 0 Å². The van der Waals surface area contributed by atoms with Crippen LogP contribution in [0.15, 0.2) is 34.1 Å². The van der Waals surface area contributed by atoms with Gasteiger partial charge < -0.3 is 9.47 Å². The number of methoxy groups -OCH3 is 1. The van der Waals surface area contributed by atoms with Crippen LogP contribution in [0.3, 0.4) is 0 Å². The topological polar surface area (TPSA) is 78.7 Å². The van der Waals surface area contributed by atoms with Crippen molar-refractivity contribution >= 4 is 38.7 Å². The van der Waals surface area contributed by atoms with E-state index in [0.29, 0.717) is 10.6 Å². The van der Waals surface area contributed by atoms with E-state index in [1.807, 2.05) is 0 Å². The van der Waals surface area contributed by atoms with E-state index in [0.717, 1.165) is 3.79 Å². The average Bonchev–Trinajstić information content (AvgIpc) is 2.90. The van der Waals surface area contributed by atoms with Gasteiger partial charge in [0.15, 0.2) is 6.61 Å². The minimum absolute atomic E-state index is 0.00308. The number of benzene rings is 1. The number of ketones is 1. The van der Waals surface area contributed by atoms with Gasteiger partial charge in [-0.3, -0.25) is 14.9 Å². The fourth-order valence-electron chi connectivity index (χ4n) is 1.57. The SMILES string of the molecule is COc1ccc([N+](=O)[O-])c(OCC(=O)c2ccc(Br)s2)c1. The zero-order valence-electron chi connectivity index (χ0n) is 10.9. The third-order valence-electron chi connectivity index (χ3n) is 2.57. The van der Waals surface area contributed by atoms with Crippen LogP contribution in [0.4, 0.5) is 5.69 Å². The zero-order valence-corrected chi connectivity index (χ0v) is 13.3. The Balaban J connectivity index is 2.15. The molecule has 110 valence electrons. The molecule has 0 aliphatic carbocycles. The molecule has 0 bridgehead atoms. The summed E-state index contributed by atoms with van der Waals surface area (Å²) in [6.45, 7) is -0.277. The molecule has 0 unspecified atom stereocenters. The molecule has 0 amide bonds. The summed E-state index contributed by atoms with van der Waals surface area (Å²) < 4.78 is 11.1. The van der Waals surface area contributed by atoms with E-state index in [4.69, 9.17) is 9.47 Å². The number of thiophene rings is 1. The number of carbonyl (C=O) groups excluding carboxylic acids is 1. The van der Waals surface area contributed by atoms with E-state index in [9.17, 15) is 14.9 Å². The Morgan fingerprint density at radius 2 is 2.14 bits per heavy atom. The number of nitro groups is 1. The molecule has 0 radical (unpaired) electrons. The van der Waals surface area contributed by atoms with E-state index in [1.54, 1.807) is 12.1 Å². The van der Waals surface area contributed by atoms with Crippen LogP contribution in [0.5, 0.6) is 11.5 Å². The number of halogens is 1. The highest BCUT2D eigenvalue weighted by atomic mass is 79.9. The van der Waals surface area contributed by atoms with Crippen LogP contribution in [-0.4, -0.2) is 24.4 Å². The lowest BCUT2D eigenvalue weighted by Gasteiger charge is -2.07. The van der Waals surface area contributed by atoms with Crippen molar-refractivity contribution in [2.24, 2.45) is 0 Å².